The van der Waals surface area contributed by atoms with Crippen LogP contribution in [-0.2, 0) is 0 Å². The molecule has 5 nitrogen and oxygen atoms in total. The number of rotatable bonds is 4. The van der Waals surface area contributed by atoms with Gasteiger partial charge in [0.15, 0.2) is 5.75 Å². The Hall–Kier alpha value is -2.03. The molecule has 17 heavy (non-hydrogen) atoms. The molecule has 0 spiro atoms. The molecule has 0 radical (unpaired) electrons. The molecular formula is C12H12N2O3. The van der Waals surface area contributed by atoms with Gasteiger partial charge in [-0.2, -0.15) is 5.26 Å². The Kier molecular flexibility index (Phi) is 3.28. The maximum atomic E-state index is 9.33. The van der Waals surface area contributed by atoms with Gasteiger partial charge in [0.25, 0.3) is 0 Å². The number of aliphatic hydroxyl groups excluding tert-OH is 1. The molecule has 0 saturated carbocycles. The highest BCUT2D eigenvalue weighted by Crippen LogP contribution is 2.32. The Balaban J connectivity index is 2.34. The van der Waals surface area contributed by atoms with Crippen LogP contribution in [0.15, 0.2) is 28.7 Å². The summed E-state index contributed by atoms with van der Waals surface area (Å²) in [5.41, 5.74) is 5.86. The number of nitrogens with zero attached hydrogens (tertiary/aromatic N) is 1. The van der Waals surface area contributed by atoms with E-state index in [-0.39, 0.29) is 18.9 Å². The van der Waals surface area contributed by atoms with Crippen LogP contribution in [0.4, 0.5) is 0 Å². The van der Waals surface area contributed by atoms with Crippen molar-refractivity contribution < 1.29 is 14.3 Å². The van der Waals surface area contributed by atoms with Crippen LogP contribution in [-0.4, -0.2) is 24.4 Å². The molecule has 5 heteroatoms. The molecule has 1 heterocycles. The van der Waals surface area contributed by atoms with E-state index in [2.05, 4.69) is 0 Å². The summed E-state index contributed by atoms with van der Waals surface area (Å²) >= 11 is 0. The Morgan fingerprint density at radius 1 is 1.47 bits per heavy atom. The summed E-state index contributed by atoms with van der Waals surface area (Å²) in [5.74, 6) is 0.464. The van der Waals surface area contributed by atoms with E-state index >= 15 is 0 Å². The van der Waals surface area contributed by atoms with Crippen LogP contribution in [0.5, 0.6) is 5.75 Å². The van der Waals surface area contributed by atoms with Gasteiger partial charge >= 0.3 is 0 Å². The first-order valence-electron chi connectivity index (χ1n) is 5.18. The molecule has 88 valence electrons. The molecule has 0 aliphatic heterocycles. The Bertz CT molecular complexity index is 556. The zero-order valence-electron chi connectivity index (χ0n) is 9.09. The quantitative estimate of drug-likeness (QED) is 0.820. The number of furan rings is 1. The summed E-state index contributed by atoms with van der Waals surface area (Å²) in [4.78, 5) is 0. The summed E-state index contributed by atoms with van der Waals surface area (Å²) < 4.78 is 10.7. The number of ether oxygens (including phenoxy) is 1. The fraction of sp³-hybridized carbons (Fsp3) is 0.250. The first-order valence-corrected chi connectivity index (χ1v) is 5.18. The number of para-hydroxylation sites is 1. The third kappa shape index (κ3) is 2.23. The van der Waals surface area contributed by atoms with Gasteiger partial charge in [-0.25, -0.2) is 0 Å². The number of hydrogen-bond donors (Lipinski definition) is 2. The Morgan fingerprint density at radius 2 is 2.24 bits per heavy atom. The number of nitriles is 1. The minimum absolute atomic E-state index is 0.0364. The second kappa shape index (κ2) is 4.87. The molecule has 3 N–H and O–H groups in total. The van der Waals surface area contributed by atoms with E-state index in [0.717, 1.165) is 0 Å². The van der Waals surface area contributed by atoms with E-state index in [0.29, 0.717) is 16.7 Å². The zero-order chi connectivity index (χ0) is 12.3. The van der Waals surface area contributed by atoms with Crippen molar-refractivity contribution in [1.82, 2.24) is 0 Å². The normalized spacial score (nSPS) is 12.3. The molecule has 0 fully saturated rings. The van der Waals surface area contributed by atoms with Crippen LogP contribution in [0.1, 0.15) is 5.76 Å². The molecule has 1 aromatic carbocycles. The van der Waals surface area contributed by atoms with E-state index < -0.39 is 6.10 Å². The van der Waals surface area contributed by atoms with Crippen molar-refractivity contribution in [2.75, 3.05) is 13.2 Å². The molecule has 0 saturated heterocycles. The second-order valence-corrected chi connectivity index (χ2v) is 3.57. The molecule has 0 aliphatic carbocycles. The van der Waals surface area contributed by atoms with E-state index in [1.807, 2.05) is 18.2 Å². The van der Waals surface area contributed by atoms with E-state index in [1.54, 1.807) is 12.1 Å². The van der Waals surface area contributed by atoms with Crippen molar-refractivity contribution >= 4 is 11.0 Å². The van der Waals surface area contributed by atoms with Crippen molar-refractivity contribution in [3.8, 4) is 11.8 Å². The SMILES string of the molecule is N#Cc1oc2ccccc2c1OCC(O)CN. The maximum absolute atomic E-state index is 9.33. The lowest BCUT2D eigenvalue weighted by Gasteiger charge is -2.08. The fourth-order valence-electron chi connectivity index (χ4n) is 1.49. The molecular weight excluding hydrogens is 220 g/mol. The zero-order valence-corrected chi connectivity index (χ0v) is 9.09. The van der Waals surface area contributed by atoms with E-state index in [4.69, 9.17) is 20.1 Å². The third-order valence-electron chi connectivity index (χ3n) is 2.34. The minimum atomic E-state index is -0.754. The first-order chi connectivity index (χ1) is 8.26. The third-order valence-corrected chi connectivity index (χ3v) is 2.34. The highest BCUT2D eigenvalue weighted by Gasteiger charge is 2.15. The summed E-state index contributed by atoms with van der Waals surface area (Å²) in [6.07, 6.45) is -0.754. The monoisotopic (exact) mass is 232 g/mol. The number of hydrogen-bond acceptors (Lipinski definition) is 5. The fourth-order valence-corrected chi connectivity index (χ4v) is 1.49. The highest BCUT2D eigenvalue weighted by atomic mass is 16.5. The van der Waals surface area contributed by atoms with E-state index in [1.165, 1.54) is 0 Å². The van der Waals surface area contributed by atoms with Crippen LogP contribution < -0.4 is 10.5 Å². The first kappa shape index (κ1) is 11.5. The van der Waals surface area contributed by atoms with Crippen LogP contribution in [0.25, 0.3) is 11.0 Å². The average Bonchev–Trinajstić information content (AvgIpc) is 2.73. The van der Waals surface area contributed by atoms with Crippen molar-refractivity contribution in [2.45, 2.75) is 6.10 Å². The predicted octanol–water partition coefficient (Wildman–Crippen LogP) is 1.00. The molecule has 1 unspecified atom stereocenters. The minimum Gasteiger partial charge on any atom is -0.485 e. The molecule has 1 atom stereocenters. The summed E-state index contributed by atoms with van der Waals surface area (Å²) in [7, 11) is 0. The Labute approximate surface area is 98.0 Å². The van der Waals surface area contributed by atoms with Crippen LogP contribution in [0.2, 0.25) is 0 Å². The van der Waals surface area contributed by atoms with Gasteiger partial charge in [0.05, 0.1) is 5.39 Å². The highest BCUT2D eigenvalue weighted by molar-refractivity contribution is 5.86. The molecule has 0 bridgehead atoms. The van der Waals surface area contributed by atoms with Crippen molar-refractivity contribution in [3.05, 3.63) is 30.0 Å². The molecule has 1 aromatic heterocycles. The molecule has 2 rings (SSSR count). The summed E-state index contributed by atoms with van der Waals surface area (Å²) in [6.45, 7) is 0.145. The van der Waals surface area contributed by atoms with Gasteiger partial charge in [0.1, 0.15) is 24.4 Å². The van der Waals surface area contributed by atoms with Gasteiger partial charge in [0.2, 0.25) is 5.76 Å². The van der Waals surface area contributed by atoms with Gasteiger partial charge in [-0.1, -0.05) is 12.1 Å². The van der Waals surface area contributed by atoms with Gasteiger partial charge in [0, 0.05) is 6.54 Å². The number of nitrogens with two attached hydrogens (primary N) is 1. The number of benzene rings is 1. The van der Waals surface area contributed by atoms with Gasteiger partial charge < -0.3 is 20.0 Å². The Morgan fingerprint density at radius 3 is 2.94 bits per heavy atom. The molecule has 2 aromatic rings. The average molecular weight is 232 g/mol. The maximum Gasteiger partial charge on any atom is 0.246 e. The predicted molar refractivity (Wildman–Crippen MR) is 61.5 cm³/mol. The van der Waals surface area contributed by atoms with Gasteiger partial charge in [-0.05, 0) is 12.1 Å². The lowest BCUT2D eigenvalue weighted by atomic mass is 10.2. The van der Waals surface area contributed by atoms with Gasteiger partial charge in [-0.3, -0.25) is 0 Å². The van der Waals surface area contributed by atoms with Crippen molar-refractivity contribution in [3.63, 3.8) is 0 Å². The summed E-state index contributed by atoms with van der Waals surface area (Å²) in [5, 5.41) is 19.0. The lowest BCUT2D eigenvalue weighted by molar-refractivity contribution is 0.114. The van der Waals surface area contributed by atoms with E-state index in [9.17, 15) is 5.11 Å². The molecule has 0 aliphatic rings. The lowest BCUT2D eigenvalue weighted by Crippen LogP contribution is -2.26. The van der Waals surface area contributed by atoms with Gasteiger partial charge in [-0.15, -0.1) is 0 Å². The van der Waals surface area contributed by atoms with Crippen molar-refractivity contribution in [1.29, 1.82) is 5.26 Å². The standard InChI is InChI=1S/C12H12N2O3/c13-5-8(15)7-16-12-9-3-1-2-4-10(9)17-11(12)6-14/h1-4,8,15H,5,7,13H2. The largest absolute Gasteiger partial charge is 0.485 e. The molecule has 0 amide bonds. The second-order valence-electron chi connectivity index (χ2n) is 3.57. The van der Waals surface area contributed by atoms with Crippen LogP contribution in [0.3, 0.4) is 0 Å². The summed E-state index contributed by atoms with van der Waals surface area (Å²) in [6, 6.07) is 9.11. The number of fused-ring (bicyclic) bond motifs is 1. The number of aliphatic hydroxyl groups is 1. The van der Waals surface area contributed by atoms with Crippen LogP contribution in [0, 0.1) is 11.3 Å². The van der Waals surface area contributed by atoms with Crippen molar-refractivity contribution in [2.24, 2.45) is 5.73 Å². The van der Waals surface area contributed by atoms with Crippen LogP contribution >= 0.6 is 0 Å². The smallest absolute Gasteiger partial charge is 0.246 e. The topological polar surface area (TPSA) is 92.4 Å².